The highest BCUT2D eigenvalue weighted by molar-refractivity contribution is 5.81. The second-order valence-electron chi connectivity index (χ2n) is 5.59. The number of benzene rings is 2. The van der Waals surface area contributed by atoms with Crippen LogP contribution in [0.3, 0.4) is 0 Å². The standard InChI is InChI=1S/C18H18FNO2/c1-12(2)20-15(9-13-8-14(19)6-7-18(13)20)11-22-17-5-3-4-16(21)10-17/h3-10,12,21H,11H2,1-2H3. The summed E-state index contributed by atoms with van der Waals surface area (Å²) in [5.41, 5.74) is 1.96. The Balaban J connectivity index is 1.94. The topological polar surface area (TPSA) is 34.4 Å². The van der Waals surface area contributed by atoms with Gasteiger partial charge in [-0.15, -0.1) is 0 Å². The second-order valence-corrected chi connectivity index (χ2v) is 5.59. The molecular weight excluding hydrogens is 281 g/mol. The van der Waals surface area contributed by atoms with E-state index in [1.165, 1.54) is 12.1 Å². The lowest BCUT2D eigenvalue weighted by molar-refractivity contribution is 0.291. The van der Waals surface area contributed by atoms with Crippen LogP contribution in [0.15, 0.2) is 48.5 Å². The summed E-state index contributed by atoms with van der Waals surface area (Å²) in [5.74, 6) is 0.532. The number of ether oxygens (including phenoxy) is 1. The zero-order valence-electron chi connectivity index (χ0n) is 12.6. The van der Waals surface area contributed by atoms with Crippen LogP contribution < -0.4 is 4.74 Å². The van der Waals surface area contributed by atoms with Crippen molar-refractivity contribution < 1.29 is 14.2 Å². The highest BCUT2D eigenvalue weighted by Crippen LogP contribution is 2.26. The highest BCUT2D eigenvalue weighted by Gasteiger charge is 2.12. The number of nitrogens with zero attached hydrogens (tertiary/aromatic N) is 1. The van der Waals surface area contributed by atoms with Crippen molar-refractivity contribution in [1.82, 2.24) is 4.57 Å². The van der Waals surface area contributed by atoms with Crippen LogP contribution in [0.1, 0.15) is 25.6 Å². The van der Waals surface area contributed by atoms with Crippen LogP contribution in [0.25, 0.3) is 10.9 Å². The van der Waals surface area contributed by atoms with Crippen LogP contribution in [-0.2, 0) is 6.61 Å². The quantitative estimate of drug-likeness (QED) is 0.761. The molecule has 3 aromatic rings. The smallest absolute Gasteiger partial charge is 0.128 e. The summed E-state index contributed by atoms with van der Waals surface area (Å²) in [6.07, 6.45) is 0. The summed E-state index contributed by atoms with van der Waals surface area (Å²) in [6.45, 7) is 4.53. The molecular formula is C18H18FNO2. The third-order valence-electron chi connectivity index (χ3n) is 3.60. The predicted molar refractivity (Wildman–Crippen MR) is 84.7 cm³/mol. The van der Waals surface area contributed by atoms with E-state index in [0.29, 0.717) is 12.4 Å². The summed E-state index contributed by atoms with van der Waals surface area (Å²) < 4.78 is 21.3. The Morgan fingerprint density at radius 2 is 1.95 bits per heavy atom. The van der Waals surface area contributed by atoms with Gasteiger partial charge < -0.3 is 14.4 Å². The normalized spacial score (nSPS) is 11.3. The molecule has 0 aliphatic rings. The third kappa shape index (κ3) is 2.77. The molecule has 0 radical (unpaired) electrons. The average Bonchev–Trinajstić information content (AvgIpc) is 2.82. The van der Waals surface area contributed by atoms with Crippen molar-refractivity contribution in [3.05, 3.63) is 60.0 Å². The van der Waals surface area contributed by atoms with Gasteiger partial charge in [-0.2, -0.15) is 0 Å². The molecule has 0 saturated carbocycles. The number of fused-ring (bicyclic) bond motifs is 1. The number of hydrogen-bond acceptors (Lipinski definition) is 2. The number of aromatic hydroxyl groups is 1. The number of phenolic OH excluding ortho intramolecular Hbond substituents is 1. The van der Waals surface area contributed by atoms with Crippen LogP contribution >= 0.6 is 0 Å². The summed E-state index contributed by atoms with van der Waals surface area (Å²) in [7, 11) is 0. The molecule has 0 aliphatic heterocycles. The van der Waals surface area contributed by atoms with Gasteiger partial charge in [0.1, 0.15) is 23.9 Å². The van der Waals surface area contributed by atoms with E-state index in [4.69, 9.17) is 4.74 Å². The van der Waals surface area contributed by atoms with Gasteiger partial charge in [-0.3, -0.25) is 0 Å². The van der Waals surface area contributed by atoms with Crippen LogP contribution in [0, 0.1) is 5.82 Å². The molecule has 0 saturated heterocycles. The van der Waals surface area contributed by atoms with Crippen molar-refractivity contribution in [2.75, 3.05) is 0 Å². The molecule has 4 heteroatoms. The van der Waals surface area contributed by atoms with Crippen molar-refractivity contribution in [1.29, 1.82) is 0 Å². The van der Waals surface area contributed by atoms with E-state index in [1.807, 2.05) is 6.07 Å². The lowest BCUT2D eigenvalue weighted by Gasteiger charge is -2.15. The van der Waals surface area contributed by atoms with E-state index in [0.717, 1.165) is 16.6 Å². The van der Waals surface area contributed by atoms with Gasteiger partial charge in [0.05, 0.1) is 5.69 Å². The lowest BCUT2D eigenvalue weighted by Crippen LogP contribution is -2.08. The molecule has 2 aromatic carbocycles. The molecule has 1 heterocycles. The largest absolute Gasteiger partial charge is 0.508 e. The zero-order chi connectivity index (χ0) is 15.7. The average molecular weight is 299 g/mol. The molecule has 114 valence electrons. The monoisotopic (exact) mass is 299 g/mol. The first-order chi connectivity index (χ1) is 10.5. The van der Waals surface area contributed by atoms with E-state index in [-0.39, 0.29) is 17.6 Å². The molecule has 1 aromatic heterocycles. The fourth-order valence-electron chi connectivity index (χ4n) is 2.72. The summed E-state index contributed by atoms with van der Waals surface area (Å²) in [4.78, 5) is 0. The minimum Gasteiger partial charge on any atom is -0.508 e. The minimum atomic E-state index is -0.242. The first-order valence-corrected chi connectivity index (χ1v) is 7.26. The zero-order valence-corrected chi connectivity index (χ0v) is 12.6. The molecule has 0 unspecified atom stereocenters. The minimum absolute atomic E-state index is 0.170. The third-order valence-corrected chi connectivity index (χ3v) is 3.60. The van der Waals surface area contributed by atoms with Gasteiger partial charge >= 0.3 is 0 Å². The first kappa shape index (κ1) is 14.4. The number of halogens is 1. The first-order valence-electron chi connectivity index (χ1n) is 7.26. The maximum absolute atomic E-state index is 13.4. The Labute approximate surface area is 128 Å². The van der Waals surface area contributed by atoms with Crippen molar-refractivity contribution in [3.63, 3.8) is 0 Å². The number of rotatable bonds is 4. The molecule has 0 atom stereocenters. The van der Waals surface area contributed by atoms with Gasteiger partial charge in [0.15, 0.2) is 0 Å². The second kappa shape index (κ2) is 5.72. The van der Waals surface area contributed by atoms with Gasteiger partial charge in [0.2, 0.25) is 0 Å². The molecule has 0 amide bonds. The lowest BCUT2D eigenvalue weighted by atomic mass is 10.2. The van der Waals surface area contributed by atoms with Crippen LogP contribution in [-0.4, -0.2) is 9.67 Å². The van der Waals surface area contributed by atoms with Crippen molar-refractivity contribution >= 4 is 10.9 Å². The molecule has 22 heavy (non-hydrogen) atoms. The van der Waals surface area contributed by atoms with Gasteiger partial charge in [-0.25, -0.2) is 4.39 Å². The fourth-order valence-corrected chi connectivity index (χ4v) is 2.72. The van der Waals surface area contributed by atoms with Crippen molar-refractivity contribution in [2.24, 2.45) is 0 Å². The molecule has 0 spiro atoms. The van der Waals surface area contributed by atoms with E-state index < -0.39 is 0 Å². The molecule has 0 aliphatic carbocycles. The number of hydrogen-bond donors (Lipinski definition) is 1. The highest BCUT2D eigenvalue weighted by atomic mass is 19.1. The Morgan fingerprint density at radius 3 is 2.68 bits per heavy atom. The Morgan fingerprint density at radius 1 is 1.14 bits per heavy atom. The van der Waals surface area contributed by atoms with Crippen molar-refractivity contribution in [3.8, 4) is 11.5 Å². The molecule has 0 bridgehead atoms. The molecule has 0 fully saturated rings. The van der Waals surface area contributed by atoms with E-state index >= 15 is 0 Å². The molecule has 1 N–H and O–H groups in total. The van der Waals surface area contributed by atoms with Crippen LogP contribution in [0.4, 0.5) is 4.39 Å². The van der Waals surface area contributed by atoms with Gasteiger partial charge in [0.25, 0.3) is 0 Å². The SMILES string of the molecule is CC(C)n1c(COc2cccc(O)c2)cc2cc(F)ccc21. The number of aromatic nitrogens is 1. The fraction of sp³-hybridized carbons (Fsp3) is 0.222. The van der Waals surface area contributed by atoms with E-state index in [2.05, 4.69) is 18.4 Å². The summed E-state index contributed by atoms with van der Waals surface area (Å²) in [6, 6.07) is 13.7. The maximum atomic E-state index is 13.4. The van der Waals surface area contributed by atoms with Crippen LogP contribution in [0.5, 0.6) is 11.5 Å². The Hall–Kier alpha value is -2.49. The summed E-state index contributed by atoms with van der Waals surface area (Å²) in [5, 5.41) is 10.3. The van der Waals surface area contributed by atoms with Crippen LogP contribution in [0.2, 0.25) is 0 Å². The van der Waals surface area contributed by atoms with E-state index in [9.17, 15) is 9.50 Å². The predicted octanol–water partition coefficient (Wildman–Crippen LogP) is 4.65. The van der Waals surface area contributed by atoms with Gasteiger partial charge in [-0.1, -0.05) is 6.07 Å². The van der Waals surface area contributed by atoms with E-state index in [1.54, 1.807) is 30.3 Å². The van der Waals surface area contributed by atoms with Crippen molar-refractivity contribution in [2.45, 2.75) is 26.5 Å². The van der Waals surface area contributed by atoms with Gasteiger partial charge in [0, 0.05) is 23.0 Å². The Kier molecular flexibility index (Phi) is 3.75. The van der Waals surface area contributed by atoms with Gasteiger partial charge in [-0.05, 0) is 50.2 Å². The molecule has 3 nitrogen and oxygen atoms in total. The maximum Gasteiger partial charge on any atom is 0.128 e. The summed E-state index contributed by atoms with van der Waals surface area (Å²) >= 11 is 0. The Bertz CT molecular complexity index is 808. The number of phenols is 1. The molecule has 3 rings (SSSR count).